The number of nitrogens with one attached hydrogen (secondary N) is 1. The number of carbonyl (C=O) groups excluding carboxylic acids is 1. The summed E-state index contributed by atoms with van der Waals surface area (Å²) in [5, 5.41) is 8.21. The lowest BCUT2D eigenvalue weighted by atomic mass is 10.2. The molecule has 0 heterocycles. The molecule has 0 atom stereocenters. The maximum absolute atomic E-state index is 11.8. The Labute approximate surface area is 133 Å². The molecule has 0 bridgehead atoms. The van der Waals surface area contributed by atoms with Crippen molar-refractivity contribution in [2.45, 2.75) is 4.90 Å². The molecule has 0 aliphatic heterocycles. The van der Waals surface area contributed by atoms with Gasteiger partial charge in [-0.3, -0.25) is 4.79 Å². The van der Waals surface area contributed by atoms with Crippen molar-refractivity contribution in [3.63, 3.8) is 0 Å². The van der Waals surface area contributed by atoms with E-state index in [1.54, 1.807) is 36.4 Å². The average Bonchev–Trinajstić information content (AvgIpc) is 2.46. The number of halogens is 1. The molecular weight excluding hydrogens is 324 g/mol. The van der Waals surface area contributed by atoms with Crippen LogP contribution >= 0.6 is 11.6 Å². The molecule has 1 amide bonds. The highest BCUT2D eigenvalue weighted by Crippen LogP contribution is 2.14. The molecule has 0 spiro atoms. The van der Waals surface area contributed by atoms with Crippen LogP contribution in [0.25, 0.3) is 6.08 Å². The number of anilines is 1. The third-order valence-corrected chi connectivity index (χ3v) is 3.89. The van der Waals surface area contributed by atoms with Gasteiger partial charge in [0, 0.05) is 16.8 Å². The zero-order valence-corrected chi connectivity index (χ0v) is 12.9. The van der Waals surface area contributed by atoms with Gasteiger partial charge < -0.3 is 5.32 Å². The van der Waals surface area contributed by atoms with Gasteiger partial charge in [0.1, 0.15) is 0 Å². The van der Waals surface area contributed by atoms with E-state index in [4.69, 9.17) is 16.7 Å². The average molecular weight is 337 g/mol. The molecule has 0 aliphatic rings. The summed E-state index contributed by atoms with van der Waals surface area (Å²) in [6.45, 7) is 0. The fourth-order valence-electron chi connectivity index (χ4n) is 1.68. The quantitative estimate of drug-likeness (QED) is 0.841. The van der Waals surface area contributed by atoms with Crippen LogP contribution in [-0.4, -0.2) is 14.3 Å². The van der Waals surface area contributed by atoms with E-state index in [1.165, 1.54) is 24.3 Å². The molecule has 0 radical (unpaired) electrons. The van der Waals surface area contributed by atoms with Gasteiger partial charge in [0.25, 0.3) is 0 Å². The highest BCUT2D eigenvalue weighted by atomic mass is 35.5. The fraction of sp³-hybridized carbons (Fsp3) is 0. The first-order chi connectivity index (χ1) is 10.3. The minimum Gasteiger partial charge on any atom is -0.322 e. The van der Waals surface area contributed by atoms with Gasteiger partial charge in [-0.15, -0.1) is 0 Å². The topological polar surface area (TPSA) is 89.3 Å². The Bertz CT molecular complexity index is 815. The zero-order valence-electron chi connectivity index (χ0n) is 11.4. The largest absolute Gasteiger partial charge is 0.322 e. The SMILES string of the molecule is NS(=O)(=O)c1cccc(NC(=O)C=Cc2ccc(Cl)cc2)c1. The molecule has 0 unspecified atom stereocenters. The van der Waals surface area contributed by atoms with Gasteiger partial charge in [0.2, 0.25) is 15.9 Å². The van der Waals surface area contributed by atoms with Crippen LogP contribution in [-0.2, 0) is 14.8 Å². The number of hydrogen-bond donors (Lipinski definition) is 2. The number of amides is 1. The Hall–Kier alpha value is -2.15. The fourth-order valence-corrected chi connectivity index (χ4v) is 2.37. The number of sulfonamides is 1. The van der Waals surface area contributed by atoms with Crippen molar-refractivity contribution >= 4 is 39.3 Å². The van der Waals surface area contributed by atoms with Crippen molar-refractivity contribution in [3.8, 4) is 0 Å². The van der Waals surface area contributed by atoms with E-state index in [0.717, 1.165) is 5.56 Å². The Morgan fingerprint density at radius 3 is 2.45 bits per heavy atom. The molecular formula is C15H13ClN2O3S. The van der Waals surface area contributed by atoms with Gasteiger partial charge in [0.05, 0.1) is 4.90 Å². The van der Waals surface area contributed by atoms with E-state index in [2.05, 4.69) is 5.32 Å². The van der Waals surface area contributed by atoms with E-state index in [-0.39, 0.29) is 10.8 Å². The summed E-state index contributed by atoms with van der Waals surface area (Å²) >= 11 is 5.77. The number of rotatable bonds is 4. The minimum atomic E-state index is -3.80. The molecule has 0 fully saturated rings. The Balaban J connectivity index is 2.07. The second-order valence-corrected chi connectivity index (χ2v) is 6.44. The van der Waals surface area contributed by atoms with Crippen molar-refractivity contribution in [2.24, 2.45) is 5.14 Å². The second-order valence-electron chi connectivity index (χ2n) is 4.45. The molecule has 114 valence electrons. The summed E-state index contributed by atoms with van der Waals surface area (Å²) in [4.78, 5) is 11.7. The predicted octanol–water partition coefficient (Wildman–Crippen LogP) is 2.64. The molecule has 0 aliphatic carbocycles. The minimum absolute atomic E-state index is 0.0630. The van der Waals surface area contributed by atoms with Crippen LogP contribution < -0.4 is 10.5 Å². The standard InChI is InChI=1S/C15H13ClN2O3S/c16-12-7-4-11(5-8-12)6-9-15(19)18-13-2-1-3-14(10-13)22(17,20)21/h1-10H,(H,18,19)(H2,17,20,21). The van der Waals surface area contributed by atoms with Crippen molar-refractivity contribution in [3.05, 3.63) is 65.2 Å². The van der Waals surface area contributed by atoms with E-state index in [1.807, 2.05) is 0 Å². The first-order valence-corrected chi connectivity index (χ1v) is 8.14. The van der Waals surface area contributed by atoms with Gasteiger partial charge in [-0.2, -0.15) is 0 Å². The molecule has 0 aromatic heterocycles. The summed E-state index contributed by atoms with van der Waals surface area (Å²) in [7, 11) is -3.80. The van der Waals surface area contributed by atoms with Crippen molar-refractivity contribution in [1.29, 1.82) is 0 Å². The van der Waals surface area contributed by atoms with Crippen molar-refractivity contribution in [2.75, 3.05) is 5.32 Å². The maximum Gasteiger partial charge on any atom is 0.248 e. The molecule has 22 heavy (non-hydrogen) atoms. The summed E-state index contributed by atoms with van der Waals surface area (Å²) in [5.74, 6) is -0.387. The van der Waals surface area contributed by atoms with Crippen molar-refractivity contribution < 1.29 is 13.2 Å². The molecule has 5 nitrogen and oxygen atoms in total. The van der Waals surface area contributed by atoms with E-state index in [9.17, 15) is 13.2 Å². The van der Waals surface area contributed by atoms with E-state index < -0.39 is 10.0 Å². The number of nitrogens with two attached hydrogens (primary N) is 1. The molecule has 0 saturated carbocycles. The summed E-state index contributed by atoms with van der Waals surface area (Å²) in [6, 6.07) is 12.7. The summed E-state index contributed by atoms with van der Waals surface area (Å²) in [5.41, 5.74) is 1.16. The van der Waals surface area contributed by atoms with Gasteiger partial charge in [-0.25, -0.2) is 13.6 Å². The highest BCUT2D eigenvalue weighted by Gasteiger charge is 2.08. The first-order valence-electron chi connectivity index (χ1n) is 6.22. The molecule has 2 aromatic rings. The smallest absolute Gasteiger partial charge is 0.248 e. The monoisotopic (exact) mass is 336 g/mol. The third-order valence-electron chi connectivity index (χ3n) is 2.73. The molecule has 0 saturated heterocycles. The predicted molar refractivity (Wildman–Crippen MR) is 86.9 cm³/mol. The molecule has 2 aromatic carbocycles. The van der Waals surface area contributed by atoms with E-state index in [0.29, 0.717) is 10.7 Å². The summed E-state index contributed by atoms with van der Waals surface area (Å²) < 4.78 is 22.5. The second kappa shape index (κ2) is 6.74. The van der Waals surface area contributed by atoms with Crippen LogP contribution in [0.2, 0.25) is 5.02 Å². The zero-order chi connectivity index (χ0) is 16.2. The maximum atomic E-state index is 11.8. The number of primary sulfonamides is 1. The van der Waals surface area contributed by atoms with Crippen LogP contribution in [0, 0.1) is 0 Å². The first kappa shape index (κ1) is 16.2. The number of benzene rings is 2. The normalized spacial score (nSPS) is 11.5. The summed E-state index contributed by atoms with van der Waals surface area (Å²) in [6.07, 6.45) is 2.96. The van der Waals surface area contributed by atoms with Crippen LogP contribution in [0.3, 0.4) is 0 Å². The Morgan fingerprint density at radius 1 is 1.14 bits per heavy atom. The van der Waals surface area contributed by atoms with Crippen molar-refractivity contribution in [1.82, 2.24) is 0 Å². The third kappa shape index (κ3) is 4.70. The number of hydrogen-bond acceptors (Lipinski definition) is 3. The Kier molecular flexibility index (Phi) is 4.97. The lowest BCUT2D eigenvalue weighted by Crippen LogP contribution is -2.13. The molecule has 3 N–H and O–H groups in total. The number of carbonyl (C=O) groups is 1. The van der Waals surface area contributed by atoms with Gasteiger partial charge in [0.15, 0.2) is 0 Å². The molecule has 7 heteroatoms. The van der Waals surface area contributed by atoms with Gasteiger partial charge in [-0.05, 0) is 42.0 Å². The van der Waals surface area contributed by atoms with Gasteiger partial charge >= 0.3 is 0 Å². The van der Waals surface area contributed by atoms with E-state index >= 15 is 0 Å². The Morgan fingerprint density at radius 2 is 1.82 bits per heavy atom. The van der Waals surface area contributed by atoms with Crippen LogP contribution in [0.4, 0.5) is 5.69 Å². The van der Waals surface area contributed by atoms with Crippen LogP contribution in [0.5, 0.6) is 0 Å². The van der Waals surface area contributed by atoms with Crippen LogP contribution in [0.1, 0.15) is 5.56 Å². The van der Waals surface area contributed by atoms with Crippen LogP contribution in [0.15, 0.2) is 59.5 Å². The van der Waals surface area contributed by atoms with Gasteiger partial charge in [-0.1, -0.05) is 29.8 Å². The lowest BCUT2D eigenvalue weighted by molar-refractivity contribution is -0.111. The highest BCUT2D eigenvalue weighted by molar-refractivity contribution is 7.89. The lowest BCUT2D eigenvalue weighted by Gasteiger charge is -2.04. The molecule has 2 rings (SSSR count).